The maximum atomic E-state index is 8.96. The van der Waals surface area contributed by atoms with E-state index in [1.165, 1.54) is 25.7 Å². The summed E-state index contributed by atoms with van der Waals surface area (Å²) in [7, 11) is 0. The summed E-state index contributed by atoms with van der Waals surface area (Å²) in [5.41, 5.74) is 0. The topological polar surface area (TPSA) is 32.3 Å². The minimum atomic E-state index is 0.248. The summed E-state index contributed by atoms with van der Waals surface area (Å²) in [6.45, 7) is 2.30. The second-order valence-electron chi connectivity index (χ2n) is 3.92. The fourth-order valence-electron chi connectivity index (χ4n) is 1.99. The Hall–Kier alpha value is 0.270. The molecule has 0 aliphatic heterocycles. The second kappa shape index (κ2) is 5.89. The summed E-state index contributed by atoms with van der Waals surface area (Å²) >= 11 is 1.96. The van der Waals surface area contributed by atoms with Crippen LogP contribution in [0.2, 0.25) is 0 Å². The number of aliphatic hydroxyl groups excluding tert-OH is 1. The van der Waals surface area contributed by atoms with Crippen LogP contribution >= 0.6 is 11.8 Å². The lowest BCUT2D eigenvalue weighted by Gasteiger charge is -2.32. The molecular formula is C10H21NOS. The van der Waals surface area contributed by atoms with Gasteiger partial charge in [-0.3, -0.25) is 0 Å². The van der Waals surface area contributed by atoms with Crippen LogP contribution in [-0.4, -0.2) is 35.3 Å². The molecule has 0 spiro atoms. The first-order chi connectivity index (χ1) is 6.27. The van der Waals surface area contributed by atoms with Gasteiger partial charge in [-0.15, -0.1) is 0 Å². The van der Waals surface area contributed by atoms with Gasteiger partial charge in [-0.2, -0.15) is 11.8 Å². The summed E-state index contributed by atoms with van der Waals surface area (Å²) in [4.78, 5) is 0. The van der Waals surface area contributed by atoms with Crippen LogP contribution in [-0.2, 0) is 0 Å². The van der Waals surface area contributed by atoms with Gasteiger partial charge in [-0.1, -0.05) is 12.8 Å². The van der Waals surface area contributed by atoms with Gasteiger partial charge in [-0.25, -0.2) is 0 Å². The highest BCUT2D eigenvalue weighted by Crippen LogP contribution is 2.27. The lowest BCUT2D eigenvalue weighted by Crippen LogP contribution is -2.46. The SMILES string of the molecule is CSC1CCCCC1NC(C)CO. The van der Waals surface area contributed by atoms with E-state index in [1.54, 1.807) is 0 Å². The molecule has 1 aliphatic rings. The first-order valence-electron chi connectivity index (χ1n) is 5.17. The Morgan fingerprint density at radius 2 is 2.15 bits per heavy atom. The third-order valence-electron chi connectivity index (χ3n) is 2.78. The maximum Gasteiger partial charge on any atom is 0.0582 e. The highest BCUT2D eigenvalue weighted by Gasteiger charge is 2.24. The molecule has 13 heavy (non-hydrogen) atoms. The van der Waals surface area contributed by atoms with Gasteiger partial charge in [0.2, 0.25) is 0 Å². The molecule has 0 bridgehead atoms. The minimum absolute atomic E-state index is 0.248. The van der Waals surface area contributed by atoms with E-state index in [0.29, 0.717) is 6.04 Å². The summed E-state index contributed by atoms with van der Waals surface area (Å²) in [5.74, 6) is 0. The van der Waals surface area contributed by atoms with E-state index in [0.717, 1.165) is 5.25 Å². The zero-order valence-electron chi connectivity index (χ0n) is 8.62. The van der Waals surface area contributed by atoms with E-state index < -0.39 is 0 Å². The fourth-order valence-corrected chi connectivity index (χ4v) is 2.93. The van der Waals surface area contributed by atoms with Crippen LogP contribution in [0, 0.1) is 0 Å². The zero-order chi connectivity index (χ0) is 9.68. The highest BCUT2D eigenvalue weighted by molar-refractivity contribution is 7.99. The van der Waals surface area contributed by atoms with Crippen LogP contribution in [0.5, 0.6) is 0 Å². The molecule has 0 aromatic carbocycles. The van der Waals surface area contributed by atoms with Gasteiger partial charge in [0.05, 0.1) is 6.61 Å². The third-order valence-corrected chi connectivity index (χ3v) is 3.95. The number of nitrogens with one attached hydrogen (secondary N) is 1. The van der Waals surface area contributed by atoms with Crippen LogP contribution < -0.4 is 5.32 Å². The molecule has 0 aromatic heterocycles. The fraction of sp³-hybridized carbons (Fsp3) is 1.00. The monoisotopic (exact) mass is 203 g/mol. The number of aliphatic hydroxyl groups is 1. The van der Waals surface area contributed by atoms with Gasteiger partial charge in [0, 0.05) is 17.3 Å². The maximum absolute atomic E-state index is 8.96. The van der Waals surface area contributed by atoms with E-state index >= 15 is 0 Å². The number of hydrogen-bond donors (Lipinski definition) is 2. The molecule has 1 aliphatic carbocycles. The summed E-state index contributed by atoms with van der Waals surface area (Å²) in [5, 5.41) is 13.2. The Kier molecular flexibility index (Phi) is 5.14. The molecule has 0 amide bonds. The molecule has 3 atom stereocenters. The standard InChI is InChI=1S/C10H21NOS/c1-8(7-12)11-9-5-3-4-6-10(9)13-2/h8-12H,3-7H2,1-2H3. The van der Waals surface area contributed by atoms with Crippen molar-refractivity contribution in [1.29, 1.82) is 0 Å². The first-order valence-corrected chi connectivity index (χ1v) is 6.46. The third kappa shape index (κ3) is 3.49. The molecule has 0 aromatic rings. The smallest absolute Gasteiger partial charge is 0.0582 e. The average molecular weight is 203 g/mol. The lowest BCUT2D eigenvalue weighted by molar-refractivity contribution is 0.230. The molecule has 3 heteroatoms. The highest BCUT2D eigenvalue weighted by atomic mass is 32.2. The predicted octanol–water partition coefficient (Wildman–Crippen LogP) is 1.63. The summed E-state index contributed by atoms with van der Waals surface area (Å²) in [6.07, 6.45) is 7.51. The zero-order valence-corrected chi connectivity index (χ0v) is 9.44. The van der Waals surface area contributed by atoms with Crippen molar-refractivity contribution in [2.45, 2.75) is 49.9 Å². The van der Waals surface area contributed by atoms with E-state index in [4.69, 9.17) is 5.11 Å². The normalized spacial score (nSPS) is 31.6. The van der Waals surface area contributed by atoms with Crippen LogP contribution in [0.25, 0.3) is 0 Å². The van der Waals surface area contributed by atoms with Crippen molar-refractivity contribution >= 4 is 11.8 Å². The molecule has 1 fully saturated rings. The lowest BCUT2D eigenvalue weighted by atomic mass is 9.94. The minimum Gasteiger partial charge on any atom is -0.395 e. The molecule has 0 heterocycles. The molecular weight excluding hydrogens is 182 g/mol. The summed E-state index contributed by atoms with van der Waals surface area (Å²) in [6, 6.07) is 0.864. The van der Waals surface area contributed by atoms with Crippen molar-refractivity contribution in [2.75, 3.05) is 12.9 Å². The average Bonchev–Trinajstić information content (AvgIpc) is 2.18. The van der Waals surface area contributed by atoms with Gasteiger partial charge in [0.1, 0.15) is 0 Å². The van der Waals surface area contributed by atoms with E-state index in [2.05, 4.69) is 11.6 Å². The molecule has 0 radical (unpaired) electrons. The van der Waals surface area contributed by atoms with Gasteiger partial charge in [0.25, 0.3) is 0 Å². The van der Waals surface area contributed by atoms with Gasteiger partial charge in [-0.05, 0) is 26.0 Å². The van der Waals surface area contributed by atoms with Crippen molar-refractivity contribution in [3.8, 4) is 0 Å². The Labute approximate surface area is 85.5 Å². The molecule has 3 unspecified atom stereocenters. The molecule has 0 saturated heterocycles. The number of rotatable bonds is 4. The van der Waals surface area contributed by atoms with Crippen molar-refractivity contribution in [1.82, 2.24) is 5.32 Å². The van der Waals surface area contributed by atoms with Crippen LogP contribution in [0.3, 0.4) is 0 Å². The Morgan fingerprint density at radius 3 is 2.77 bits per heavy atom. The van der Waals surface area contributed by atoms with Gasteiger partial charge < -0.3 is 10.4 Å². The molecule has 78 valence electrons. The van der Waals surface area contributed by atoms with Crippen molar-refractivity contribution in [2.24, 2.45) is 0 Å². The van der Waals surface area contributed by atoms with E-state index in [1.807, 2.05) is 18.7 Å². The van der Waals surface area contributed by atoms with E-state index in [-0.39, 0.29) is 12.6 Å². The van der Waals surface area contributed by atoms with Gasteiger partial charge >= 0.3 is 0 Å². The molecule has 2 N–H and O–H groups in total. The van der Waals surface area contributed by atoms with E-state index in [9.17, 15) is 0 Å². The van der Waals surface area contributed by atoms with Crippen LogP contribution in [0.4, 0.5) is 0 Å². The predicted molar refractivity (Wildman–Crippen MR) is 59.2 cm³/mol. The number of thioether (sulfide) groups is 1. The van der Waals surface area contributed by atoms with Crippen molar-refractivity contribution in [3.05, 3.63) is 0 Å². The first kappa shape index (κ1) is 11.3. The molecule has 1 rings (SSSR count). The van der Waals surface area contributed by atoms with Gasteiger partial charge in [0.15, 0.2) is 0 Å². The van der Waals surface area contributed by atoms with Crippen LogP contribution in [0.1, 0.15) is 32.6 Å². The largest absolute Gasteiger partial charge is 0.395 e. The molecule has 1 saturated carbocycles. The van der Waals surface area contributed by atoms with Crippen molar-refractivity contribution < 1.29 is 5.11 Å². The quantitative estimate of drug-likeness (QED) is 0.728. The summed E-state index contributed by atoms with van der Waals surface area (Å²) < 4.78 is 0. The van der Waals surface area contributed by atoms with Crippen molar-refractivity contribution in [3.63, 3.8) is 0 Å². The van der Waals surface area contributed by atoms with Crippen LogP contribution in [0.15, 0.2) is 0 Å². The Bertz CT molecular complexity index is 143. The second-order valence-corrected chi connectivity index (χ2v) is 4.99. The Morgan fingerprint density at radius 1 is 1.46 bits per heavy atom. The Balaban J connectivity index is 2.35. The number of hydrogen-bond acceptors (Lipinski definition) is 3. The molecule has 2 nitrogen and oxygen atoms in total.